The highest BCUT2D eigenvalue weighted by molar-refractivity contribution is 9.10. The first-order chi connectivity index (χ1) is 8.08. The summed E-state index contributed by atoms with van der Waals surface area (Å²) < 4.78 is 33.3. The van der Waals surface area contributed by atoms with Gasteiger partial charge >= 0.3 is 0 Å². The normalized spacial score (nSPS) is 18.4. The van der Waals surface area contributed by atoms with Crippen LogP contribution in [-0.2, 0) is 16.8 Å². The van der Waals surface area contributed by atoms with Crippen molar-refractivity contribution in [1.29, 1.82) is 0 Å². The molecule has 0 atom stereocenters. The second-order valence-electron chi connectivity index (χ2n) is 3.90. The average Bonchev–Trinajstić information content (AvgIpc) is 2.74. The van der Waals surface area contributed by atoms with Gasteiger partial charge in [-0.2, -0.15) is 17.4 Å². The number of nitrogens with one attached hydrogen (secondary N) is 1. The van der Waals surface area contributed by atoms with Crippen LogP contribution in [0.25, 0.3) is 0 Å². The molecule has 0 spiro atoms. The zero-order valence-corrected chi connectivity index (χ0v) is 11.6. The van der Waals surface area contributed by atoms with Gasteiger partial charge in [0.1, 0.15) is 4.60 Å². The van der Waals surface area contributed by atoms with Crippen molar-refractivity contribution in [3.8, 4) is 0 Å². The molecule has 0 aliphatic carbocycles. The Balaban J connectivity index is 1.92. The lowest BCUT2D eigenvalue weighted by Crippen LogP contribution is -2.43. The molecule has 0 bridgehead atoms. The van der Waals surface area contributed by atoms with Gasteiger partial charge in [0.25, 0.3) is 10.2 Å². The zero-order chi connectivity index (χ0) is 12.3. The number of nitrogens with zero attached hydrogens (tertiary/aromatic N) is 2. The Morgan fingerprint density at radius 1 is 1.41 bits per heavy atom. The molecule has 0 amide bonds. The molecule has 2 rings (SSSR count). The van der Waals surface area contributed by atoms with E-state index in [1.807, 2.05) is 0 Å². The summed E-state index contributed by atoms with van der Waals surface area (Å²) in [6, 6.07) is 1.64. The predicted octanol–water partition coefficient (Wildman–Crippen LogP) is 1.26. The minimum absolute atomic E-state index is 0.122. The Morgan fingerprint density at radius 2 is 2.12 bits per heavy atom. The maximum Gasteiger partial charge on any atom is 0.279 e. The Kier molecular flexibility index (Phi) is 4.18. The van der Waals surface area contributed by atoms with Crippen molar-refractivity contribution in [2.75, 3.05) is 13.1 Å². The third kappa shape index (κ3) is 3.51. The topological polar surface area (TPSA) is 75.4 Å². The molecule has 1 aromatic rings. The van der Waals surface area contributed by atoms with Gasteiger partial charge in [0.15, 0.2) is 5.76 Å². The molecule has 1 aliphatic rings. The van der Waals surface area contributed by atoms with Gasteiger partial charge in [-0.15, -0.1) is 0 Å². The largest absolute Gasteiger partial charge is 0.359 e. The Morgan fingerprint density at radius 3 is 2.71 bits per heavy atom. The second kappa shape index (κ2) is 5.47. The maximum absolute atomic E-state index is 11.9. The summed E-state index contributed by atoms with van der Waals surface area (Å²) >= 11 is 3.14. The first-order valence-corrected chi connectivity index (χ1v) is 7.67. The number of hydrogen-bond donors (Lipinski definition) is 1. The van der Waals surface area contributed by atoms with Gasteiger partial charge in [-0.3, -0.25) is 0 Å². The summed E-state index contributed by atoms with van der Waals surface area (Å²) in [5, 5.41) is 3.62. The fraction of sp³-hybridized carbons (Fsp3) is 0.667. The standard InChI is InChI=1S/C9H14BrN3O3S/c10-9-6-8(16-12-9)7-11-17(14,15)13-4-2-1-3-5-13/h6,11H,1-5,7H2. The Bertz CT molecular complexity index is 468. The minimum atomic E-state index is -3.39. The quantitative estimate of drug-likeness (QED) is 0.905. The van der Waals surface area contributed by atoms with Crippen LogP contribution in [0.2, 0.25) is 0 Å². The molecule has 0 aromatic carbocycles. The smallest absolute Gasteiger partial charge is 0.279 e. The van der Waals surface area contributed by atoms with Gasteiger partial charge < -0.3 is 4.52 Å². The molecule has 1 saturated heterocycles. The highest BCUT2D eigenvalue weighted by Gasteiger charge is 2.23. The van der Waals surface area contributed by atoms with Crippen LogP contribution in [0.5, 0.6) is 0 Å². The molecule has 0 unspecified atom stereocenters. The van der Waals surface area contributed by atoms with Gasteiger partial charge in [0.2, 0.25) is 0 Å². The van der Waals surface area contributed by atoms with Crippen molar-refractivity contribution in [2.24, 2.45) is 0 Å². The molecule has 6 nitrogen and oxygen atoms in total. The minimum Gasteiger partial charge on any atom is -0.359 e. The molecule has 0 radical (unpaired) electrons. The first-order valence-electron chi connectivity index (χ1n) is 5.44. The third-order valence-corrected chi connectivity index (χ3v) is 4.54. The van der Waals surface area contributed by atoms with Crippen molar-refractivity contribution in [3.05, 3.63) is 16.4 Å². The van der Waals surface area contributed by atoms with Gasteiger partial charge in [0.05, 0.1) is 6.54 Å². The lowest BCUT2D eigenvalue weighted by molar-refractivity contribution is 0.337. The van der Waals surface area contributed by atoms with Crippen LogP contribution in [0.3, 0.4) is 0 Å². The SMILES string of the molecule is O=S(=O)(NCc1cc(Br)no1)N1CCCCC1. The molecular formula is C9H14BrN3O3S. The van der Waals surface area contributed by atoms with E-state index in [1.54, 1.807) is 6.07 Å². The lowest BCUT2D eigenvalue weighted by Gasteiger charge is -2.25. The van der Waals surface area contributed by atoms with Crippen LogP contribution in [0.4, 0.5) is 0 Å². The third-order valence-electron chi connectivity index (χ3n) is 2.61. The van der Waals surface area contributed by atoms with Gasteiger partial charge in [-0.25, -0.2) is 0 Å². The molecule has 1 N–H and O–H groups in total. The van der Waals surface area contributed by atoms with E-state index < -0.39 is 10.2 Å². The number of rotatable bonds is 4. The van der Waals surface area contributed by atoms with E-state index in [4.69, 9.17) is 4.52 Å². The number of hydrogen-bond acceptors (Lipinski definition) is 4. The van der Waals surface area contributed by atoms with Gasteiger partial charge in [-0.05, 0) is 28.8 Å². The van der Waals surface area contributed by atoms with Crippen molar-refractivity contribution in [2.45, 2.75) is 25.8 Å². The van der Waals surface area contributed by atoms with Crippen LogP contribution in [-0.4, -0.2) is 31.0 Å². The number of aromatic nitrogens is 1. The van der Waals surface area contributed by atoms with E-state index in [1.165, 1.54) is 4.31 Å². The van der Waals surface area contributed by atoms with Crippen LogP contribution >= 0.6 is 15.9 Å². The summed E-state index contributed by atoms with van der Waals surface area (Å²) in [7, 11) is -3.39. The highest BCUT2D eigenvalue weighted by Crippen LogP contribution is 2.13. The second-order valence-corrected chi connectivity index (χ2v) is 6.47. The highest BCUT2D eigenvalue weighted by atomic mass is 79.9. The Labute approximate surface area is 109 Å². The summed E-state index contributed by atoms with van der Waals surface area (Å²) in [5.41, 5.74) is 0. The zero-order valence-electron chi connectivity index (χ0n) is 9.23. The van der Waals surface area contributed by atoms with Crippen LogP contribution in [0.15, 0.2) is 15.2 Å². The molecular weight excluding hydrogens is 310 g/mol. The monoisotopic (exact) mass is 323 g/mol. The van der Waals surface area contributed by atoms with Crippen molar-refractivity contribution in [1.82, 2.24) is 14.2 Å². The average molecular weight is 324 g/mol. The summed E-state index contributed by atoms with van der Waals surface area (Å²) in [6.45, 7) is 1.31. The number of halogens is 1. The fourth-order valence-electron chi connectivity index (χ4n) is 1.73. The molecule has 0 saturated carbocycles. The van der Waals surface area contributed by atoms with Crippen molar-refractivity contribution >= 4 is 26.1 Å². The molecule has 8 heteroatoms. The van der Waals surface area contributed by atoms with Gasteiger partial charge in [0, 0.05) is 19.2 Å². The molecule has 1 fully saturated rings. The van der Waals surface area contributed by atoms with Crippen LogP contribution < -0.4 is 4.72 Å². The van der Waals surface area contributed by atoms with E-state index in [2.05, 4.69) is 25.8 Å². The van der Waals surface area contributed by atoms with Crippen molar-refractivity contribution in [3.63, 3.8) is 0 Å². The lowest BCUT2D eigenvalue weighted by atomic mass is 10.2. The molecule has 1 aromatic heterocycles. The van der Waals surface area contributed by atoms with E-state index in [0.29, 0.717) is 23.5 Å². The summed E-state index contributed by atoms with van der Waals surface area (Å²) in [6.07, 6.45) is 2.95. The van der Waals surface area contributed by atoms with Crippen molar-refractivity contribution < 1.29 is 12.9 Å². The Hall–Kier alpha value is -0.440. The van der Waals surface area contributed by atoms with E-state index in [-0.39, 0.29) is 6.54 Å². The molecule has 96 valence electrons. The van der Waals surface area contributed by atoms with E-state index in [0.717, 1.165) is 19.3 Å². The fourth-order valence-corrected chi connectivity index (χ4v) is 3.30. The van der Waals surface area contributed by atoms with E-state index >= 15 is 0 Å². The van der Waals surface area contributed by atoms with Crippen LogP contribution in [0, 0.1) is 0 Å². The molecule has 2 heterocycles. The van der Waals surface area contributed by atoms with Crippen LogP contribution in [0.1, 0.15) is 25.0 Å². The molecule has 17 heavy (non-hydrogen) atoms. The number of piperidine rings is 1. The summed E-state index contributed by atoms with van der Waals surface area (Å²) in [5.74, 6) is 0.484. The summed E-state index contributed by atoms with van der Waals surface area (Å²) in [4.78, 5) is 0. The van der Waals surface area contributed by atoms with E-state index in [9.17, 15) is 8.42 Å². The first kappa shape index (κ1) is 13.0. The van der Waals surface area contributed by atoms with Gasteiger partial charge in [-0.1, -0.05) is 11.6 Å². The molecule has 1 aliphatic heterocycles. The maximum atomic E-state index is 11.9. The predicted molar refractivity (Wildman–Crippen MR) is 65.4 cm³/mol.